The first-order valence-corrected chi connectivity index (χ1v) is 7.08. The number of likely N-dealkylation sites (tertiary alicyclic amines) is 1. The lowest BCUT2D eigenvalue weighted by Crippen LogP contribution is -2.36. The zero-order chi connectivity index (χ0) is 13.9. The van der Waals surface area contributed by atoms with Crippen LogP contribution < -0.4 is 0 Å². The average Bonchev–Trinajstić information content (AvgIpc) is 2.90. The summed E-state index contributed by atoms with van der Waals surface area (Å²) >= 11 is 0. The van der Waals surface area contributed by atoms with E-state index in [1.165, 1.54) is 6.42 Å². The topological polar surface area (TPSA) is 46.3 Å². The van der Waals surface area contributed by atoms with Gasteiger partial charge in [-0.3, -0.25) is 4.79 Å². The maximum Gasteiger partial charge on any atom is 0.276 e. The van der Waals surface area contributed by atoms with Gasteiger partial charge in [-0.1, -0.05) is 18.2 Å². The van der Waals surface area contributed by atoms with Crippen LogP contribution in [0.2, 0.25) is 0 Å². The molecule has 0 bridgehead atoms. The molecule has 1 saturated heterocycles. The fourth-order valence-electron chi connectivity index (χ4n) is 2.55. The van der Waals surface area contributed by atoms with Crippen molar-refractivity contribution in [1.29, 1.82) is 0 Å². The van der Waals surface area contributed by atoms with Gasteiger partial charge in [-0.05, 0) is 38.3 Å². The summed E-state index contributed by atoms with van der Waals surface area (Å²) in [7, 11) is 0. The monoisotopic (exact) mass is 270 g/mol. The van der Waals surface area contributed by atoms with Crippen molar-refractivity contribution in [3.05, 3.63) is 41.8 Å². The molecule has 1 aliphatic rings. The van der Waals surface area contributed by atoms with Crippen LogP contribution in [0.5, 0.6) is 0 Å². The van der Waals surface area contributed by atoms with Gasteiger partial charge in [0.1, 0.15) is 5.76 Å². The molecule has 1 aromatic heterocycles. The van der Waals surface area contributed by atoms with E-state index in [0.29, 0.717) is 17.3 Å². The smallest absolute Gasteiger partial charge is 0.276 e. The number of hydrogen-bond acceptors (Lipinski definition) is 3. The summed E-state index contributed by atoms with van der Waals surface area (Å²) in [4.78, 5) is 18.7. The predicted molar refractivity (Wildman–Crippen MR) is 76.4 cm³/mol. The van der Waals surface area contributed by atoms with Gasteiger partial charge in [-0.25, -0.2) is 4.98 Å². The largest absolute Gasteiger partial charge is 0.441 e. The molecule has 0 atom stereocenters. The highest BCUT2D eigenvalue weighted by atomic mass is 16.4. The maximum atomic E-state index is 12.5. The highest BCUT2D eigenvalue weighted by molar-refractivity contribution is 5.93. The summed E-state index contributed by atoms with van der Waals surface area (Å²) in [5.74, 6) is 1.11. The summed E-state index contributed by atoms with van der Waals surface area (Å²) in [5.41, 5.74) is 1.35. The summed E-state index contributed by atoms with van der Waals surface area (Å²) < 4.78 is 5.65. The van der Waals surface area contributed by atoms with Gasteiger partial charge in [0.25, 0.3) is 5.91 Å². The number of carbonyl (C=O) groups excluding carboxylic acids is 1. The number of amides is 1. The lowest BCUT2D eigenvalue weighted by molar-refractivity contribution is 0.0717. The number of benzene rings is 1. The van der Waals surface area contributed by atoms with Crippen LogP contribution >= 0.6 is 0 Å². The van der Waals surface area contributed by atoms with Gasteiger partial charge in [-0.15, -0.1) is 0 Å². The van der Waals surface area contributed by atoms with E-state index >= 15 is 0 Å². The number of carbonyl (C=O) groups is 1. The molecule has 4 heteroatoms. The van der Waals surface area contributed by atoms with E-state index in [4.69, 9.17) is 4.42 Å². The summed E-state index contributed by atoms with van der Waals surface area (Å²) in [6, 6.07) is 9.67. The first kappa shape index (κ1) is 12.9. The molecule has 1 aliphatic heterocycles. The first-order chi connectivity index (χ1) is 9.75. The molecule has 2 aromatic rings. The highest BCUT2D eigenvalue weighted by Gasteiger charge is 2.24. The highest BCUT2D eigenvalue weighted by Crippen LogP contribution is 2.23. The number of aromatic nitrogens is 1. The van der Waals surface area contributed by atoms with Crippen LogP contribution in [-0.4, -0.2) is 28.9 Å². The van der Waals surface area contributed by atoms with Gasteiger partial charge >= 0.3 is 0 Å². The molecule has 104 valence electrons. The van der Waals surface area contributed by atoms with Crippen molar-refractivity contribution >= 4 is 5.91 Å². The number of hydrogen-bond donors (Lipinski definition) is 0. The summed E-state index contributed by atoms with van der Waals surface area (Å²) in [5, 5.41) is 0. The Labute approximate surface area is 118 Å². The third kappa shape index (κ3) is 2.46. The van der Waals surface area contributed by atoms with Gasteiger partial charge in [0, 0.05) is 18.7 Å². The zero-order valence-corrected chi connectivity index (χ0v) is 11.6. The van der Waals surface area contributed by atoms with E-state index < -0.39 is 0 Å². The number of piperidine rings is 1. The molecule has 0 radical (unpaired) electrons. The van der Waals surface area contributed by atoms with Crippen LogP contribution in [0.3, 0.4) is 0 Å². The molecular weight excluding hydrogens is 252 g/mol. The van der Waals surface area contributed by atoms with Crippen LogP contribution in [0, 0.1) is 6.92 Å². The summed E-state index contributed by atoms with van der Waals surface area (Å²) in [6.45, 7) is 3.45. The first-order valence-electron chi connectivity index (χ1n) is 7.08. The summed E-state index contributed by atoms with van der Waals surface area (Å²) in [6.07, 6.45) is 3.36. The van der Waals surface area contributed by atoms with E-state index in [-0.39, 0.29) is 5.91 Å². The lowest BCUT2D eigenvalue weighted by Gasteiger charge is -2.25. The molecule has 0 spiro atoms. The van der Waals surface area contributed by atoms with E-state index in [2.05, 4.69) is 4.98 Å². The molecule has 1 aromatic carbocycles. The Kier molecular flexibility index (Phi) is 3.54. The molecule has 3 rings (SSSR count). The van der Waals surface area contributed by atoms with Crippen LogP contribution in [-0.2, 0) is 0 Å². The fraction of sp³-hybridized carbons (Fsp3) is 0.375. The molecule has 0 N–H and O–H groups in total. The Balaban J connectivity index is 1.87. The number of aryl methyl sites for hydroxylation is 1. The number of rotatable bonds is 2. The normalized spacial score (nSPS) is 15.3. The third-order valence-electron chi connectivity index (χ3n) is 3.66. The molecule has 0 unspecified atom stereocenters. The lowest BCUT2D eigenvalue weighted by atomic mass is 10.1. The Morgan fingerprint density at radius 1 is 1.15 bits per heavy atom. The van der Waals surface area contributed by atoms with Crippen molar-refractivity contribution in [2.45, 2.75) is 26.2 Å². The zero-order valence-electron chi connectivity index (χ0n) is 11.6. The fourth-order valence-corrected chi connectivity index (χ4v) is 2.55. The Bertz CT molecular complexity index is 598. The van der Waals surface area contributed by atoms with Crippen molar-refractivity contribution < 1.29 is 9.21 Å². The van der Waals surface area contributed by atoms with Crippen molar-refractivity contribution in [3.8, 4) is 11.5 Å². The third-order valence-corrected chi connectivity index (χ3v) is 3.66. The minimum absolute atomic E-state index is 0.00636. The average molecular weight is 270 g/mol. The van der Waals surface area contributed by atoms with Crippen LogP contribution in [0.15, 0.2) is 34.7 Å². The van der Waals surface area contributed by atoms with Gasteiger partial charge < -0.3 is 9.32 Å². The van der Waals surface area contributed by atoms with Crippen LogP contribution in [0.4, 0.5) is 0 Å². The van der Waals surface area contributed by atoms with Crippen LogP contribution in [0.25, 0.3) is 11.5 Å². The second-order valence-corrected chi connectivity index (χ2v) is 5.14. The standard InChI is InChI=1S/C16H18N2O2/c1-12-14(16(19)18-10-6-3-7-11-18)17-15(20-12)13-8-4-2-5-9-13/h2,4-5,8-9H,3,6-7,10-11H2,1H3. The van der Waals surface area contributed by atoms with E-state index in [9.17, 15) is 4.79 Å². The molecule has 0 saturated carbocycles. The van der Waals surface area contributed by atoms with Crippen molar-refractivity contribution in [3.63, 3.8) is 0 Å². The molecule has 1 fully saturated rings. The molecule has 4 nitrogen and oxygen atoms in total. The van der Waals surface area contributed by atoms with Gasteiger partial charge in [0.15, 0.2) is 5.69 Å². The number of nitrogens with zero attached hydrogens (tertiary/aromatic N) is 2. The van der Waals surface area contributed by atoms with E-state index in [1.807, 2.05) is 35.2 Å². The Morgan fingerprint density at radius 3 is 2.55 bits per heavy atom. The Morgan fingerprint density at radius 2 is 1.85 bits per heavy atom. The van der Waals surface area contributed by atoms with E-state index in [1.54, 1.807) is 6.92 Å². The van der Waals surface area contributed by atoms with Crippen molar-refractivity contribution in [2.24, 2.45) is 0 Å². The molecule has 1 amide bonds. The van der Waals surface area contributed by atoms with Gasteiger partial charge in [-0.2, -0.15) is 0 Å². The van der Waals surface area contributed by atoms with Crippen molar-refractivity contribution in [1.82, 2.24) is 9.88 Å². The molecule has 20 heavy (non-hydrogen) atoms. The molecular formula is C16H18N2O2. The minimum atomic E-state index is -0.00636. The Hall–Kier alpha value is -2.10. The van der Waals surface area contributed by atoms with Gasteiger partial charge in [0.05, 0.1) is 0 Å². The second kappa shape index (κ2) is 5.49. The molecule has 0 aliphatic carbocycles. The SMILES string of the molecule is Cc1oc(-c2ccccc2)nc1C(=O)N1CCCCC1. The minimum Gasteiger partial charge on any atom is -0.441 e. The predicted octanol–water partition coefficient (Wildman–Crippen LogP) is 3.28. The van der Waals surface area contributed by atoms with Crippen molar-refractivity contribution in [2.75, 3.05) is 13.1 Å². The quantitative estimate of drug-likeness (QED) is 0.841. The van der Waals surface area contributed by atoms with E-state index in [0.717, 1.165) is 31.5 Å². The van der Waals surface area contributed by atoms with Crippen LogP contribution in [0.1, 0.15) is 35.5 Å². The number of oxazole rings is 1. The maximum absolute atomic E-state index is 12.5. The molecule has 2 heterocycles. The second-order valence-electron chi connectivity index (χ2n) is 5.14. The van der Waals surface area contributed by atoms with Gasteiger partial charge in [0.2, 0.25) is 5.89 Å².